The SMILES string of the molecule is COC(=O)c1cc2c(cc1C)OCc1cc(OC)c(OC)cc1-2. The van der Waals surface area contributed by atoms with Gasteiger partial charge in [-0.3, -0.25) is 0 Å². The van der Waals surface area contributed by atoms with E-state index >= 15 is 0 Å². The van der Waals surface area contributed by atoms with Crippen LogP contribution in [0.5, 0.6) is 17.2 Å². The monoisotopic (exact) mass is 314 g/mol. The van der Waals surface area contributed by atoms with E-state index in [1.807, 2.05) is 25.1 Å². The normalized spacial score (nSPS) is 11.8. The van der Waals surface area contributed by atoms with Crippen molar-refractivity contribution in [1.29, 1.82) is 0 Å². The van der Waals surface area contributed by atoms with Gasteiger partial charge in [-0.05, 0) is 42.3 Å². The van der Waals surface area contributed by atoms with Crippen LogP contribution >= 0.6 is 0 Å². The molecule has 1 aliphatic rings. The van der Waals surface area contributed by atoms with Crippen molar-refractivity contribution >= 4 is 5.97 Å². The first-order chi connectivity index (χ1) is 11.1. The molecule has 0 saturated heterocycles. The van der Waals surface area contributed by atoms with Crippen LogP contribution in [0.25, 0.3) is 11.1 Å². The minimum Gasteiger partial charge on any atom is -0.493 e. The van der Waals surface area contributed by atoms with Crippen LogP contribution in [0.4, 0.5) is 0 Å². The summed E-state index contributed by atoms with van der Waals surface area (Å²) in [6, 6.07) is 7.47. The molecule has 120 valence electrons. The number of hydrogen-bond donors (Lipinski definition) is 0. The van der Waals surface area contributed by atoms with Gasteiger partial charge in [-0.1, -0.05) is 0 Å². The van der Waals surface area contributed by atoms with Gasteiger partial charge in [-0.25, -0.2) is 4.79 Å². The number of carbonyl (C=O) groups excluding carboxylic acids is 1. The van der Waals surface area contributed by atoms with Crippen molar-refractivity contribution < 1.29 is 23.7 Å². The highest BCUT2D eigenvalue weighted by molar-refractivity contribution is 5.94. The Hall–Kier alpha value is -2.69. The number of ether oxygens (including phenoxy) is 4. The maximum absolute atomic E-state index is 11.9. The molecule has 0 spiro atoms. The summed E-state index contributed by atoms with van der Waals surface area (Å²) in [5.41, 5.74) is 4.14. The third-order valence-corrected chi connectivity index (χ3v) is 4.01. The fraction of sp³-hybridized carbons (Fsp3) is 0.278. The van der Waals surface area contributed by atoms with E-state index in [0.29, 0.717) is 23.7 Å². The summed E-state index contributed by atoms with van der Waals surface area (Å²) in [5, 5.41) is 0. The molecule has 0 bridgehead atoms. The molecule has 0 radical (unpaired) electrons. The Morgan fingerprint density at radius 1 is 1.00 bits per heavy atom. The summed E-state index contributed by atoms with van der Waals surface area (Å²) >= 11 is 0. The van der Waals surface area contributed by atoms with Gasteiger partial charge in [-0.2, -0.15) is 0 Å². The van der Waals surface area contributed by atoms with Crippen LogP contribution in [0.3, 0.4) is 0 Å². The smallest absolute Gasteiger partial charge is 0.338 e. The van der Waals surface area contributed by atoms with Gasteiger partial charge in [0.15, 0.2) is 11.5 Å². The molecule has 1 aliphatic heterocycles. The summed E-state index contributed by atoms with van der Waals surface area (Å²) in [7, 11) is 4.57. The summed E-state index contributed by atoms with van der Waals surface area (Å²) in [6.45, 7) is 2.31. The minimum absolute atomic E-state index is 0.363. The average molecular weight is 314 g/mol. The highest BCUT2D eigenvalue weighted by atomic mass is 16.5. The van der Waals surface area contributed by atoms with Crippen molar-refractivity contribution in [1.82, 2.24) is 0 Å². The summed E-state index contributed by atoms with van der Waals surface area (Å²) in [5.74, 6) is 1.67. The van der Waals surface area contributed by atoms with E-state index in [9.17, 15) is 4.79 Å². The first-order valence-electron chi connectivity index (χ1n) is 7.20. The van der Waals surface area contributed by atoms with Gasteiger partial charge >= 0.3 is 5.97 Å². The maximum atomic E-state index is 11.9. The quantitative estimate of drug-likeness (QED) is 0.813. The Morgan fingerprint density at radius 3 is 2.35 bits per heavy atom. The number of rotatable bonds is 3. The average Bonchev–Trinajstić information content (AvgIpc) is 2.58. The zero-order chi connectivity index (χ0) is 16.6. The van der Waals surface area contributed by atoms with Crippen LogP contribution in [0.1, 0.15) is 21.5 Å². The summed E-state index contributed by atoms with van der Waals surface area (Å²) < 4.78 is 21.4. The Labute approximate surface area is 134 Å². The zero-order valence-electron chi connectivity index (χ0n) is 13.6. The lowest BCUT2D eigenvalue weighted by molar-refractivity contribution is 0.0600. The number of esters is 1. The van der Waals surface area contributed by atoms with Crippen molar-refractivity contribution in [3.8, 4) is 28.4 Å². The molecule has 0 fully saturated rings. The molecule has 0 atom stereocenters. The third kappa shape index (κ3) is 2.48. The van der Waals surface area contributed by atoms with Crippen LogP contribution in [0.15, 0.2) is 24.3 Å². The van der Waals surface area contributed by atoms with Crippen molar-refractivity contribution in [2.24, 2.45) is 0 Å². The van der Waals surface area contributed by atoms with E-state index in [2.05, 4.69) is 0 Å². The second-order valence-corrected chi connectivity index (χ2v) is 5.31. The number of fused-ring (bicyclic) bond motifs is 3. The largest absolute Gasteiger partial charge is 0.493 e. The third-order valence-electron chi connectivity index (χ3n) is 4.01. The molecule has 23 heavy (non-hydrogen) atoms. The number of aryl methyl sites for hydroxylation is 1. The lowest BCUT2D eigenvalue weighted by Gasteiger charge is -2.23. The van der Waals surface area contributed by atoms with Crippen LogP contribution in [0, 0.1) is 6.92 Å². The molecule has 2 aromatic carbocycles. The van der Waals surface area contributed by atoms with E-state index in [1.54, 1.807) is 20.3 Å². The highest BCUT2D eigenvalue weighted by Gasteiger charge is 2.23. The van der Waals surface area contributed by atoms with Crippen LogP contribution in [-0.2, 0) is 11.3 Å². The Morgan fingerprint density at radius 2 is 1.70 bits per heavy atom. The second-order valence-electron chi connectivity index (χ2n) is 5.31. The molecule has 3 rings (SSSR count). The van der Waals surface area contributed by atoms with Crippen LogP contribution in [-0.4, -0.2) is 27.3 Å². The van der Waals surface area contributed by atoms with Gasteiger partial charge in [-0.15, -0.1) is 0 Å². The van der Waals surface area contributed by atoms with Gasteiger partial charge in [0, 0.05) is 11.1 Å². The van der Waals surface area contributed by atoms with Gasteiger partial charge in [0.25, 0.3) is 0 Å². The first-order valence-corrected chi connectivity index (χ1v) is 7.20. The van der Waals surface area contributed by atoms with Crippen molar-refractivity contribution in [2.45, 2.75) is 13.5 Å². The predicted octanol–water partition coefficient (Wildman–Crippen LogP) is 3.36. The molecule has 5 nitrogen and oxygen atoms in total. The van der Waals surface area contributed by atoms with E-state index in [1.165, 1.54) is 7.11 Å². The Bertz CT molecular complexity index is 779. The summed E-state index contributed by atoms with van der Waals surface area (Å²) in [4.78, 5) is 11.9. The first kappa shape index (κ1) is 15.2. The van der Waals surface area contributed by atoms with E-state index < -0.39 is 0 Å². The predicted molar refractivity (Wildman–Crippen MR) is 85.4 cm³/mol. The molecule has 0 unspecified atom stereocenters. The van der Waals surface area contributed by atoms with Gasteiger partial charge < -0.3 is 18.9 Å². The lowest BCUT2D eigenvalue weighted by atomic mass is 9.93. The number of carbonyl (C=O) groups is 1. The molecule has 0 amide bonds. The lowest BCUT2D eigenvalue weighted by Crippen LogP contribution is -2.10. The number of methoxy groups -OCH3 is 3. The van der Waals surface area contributed by atoms with Crippen LogP contribution in [0.2, 0.25) is 0 Å². The maximum Gasteiger partial charge on any atom is 0.338 e. The zero-order valence-corrected chi connectivity index (χ0v) is 13.6. The summed E-state index contributed by atoms with van der Waals surface area (Å²) in [6.07, 6.45) is 0. The molecule has 5 heteroatoms. The number of hydrogen-bond acceptors (Lipinski definition) is 5. The van der Waals surface area contributed by atoms with Crippen molar-refractivity contribution in [3.63, 3.8) is 0 Å². The van der Waals surface area contributed by atoms with Crippen molar-refractivity contribution in [3.05, 3.63) is 41.0 Å². The second kappa shape index (κ2) is 5.83. The van der Waals surface area contributed by atoms with Gasteiger partial charge in [0.05, 0.1) is 26.9 Å². The van der Waals surface area contributed by atoms with Gasteiger partial charge in [0.2, 0.25) is 0 Å². The Balaban J connectivity index is 2.21. The molecule has 0 saturated carbocycles. The molecular formula is C18H18O5. The fourth-order valence-corrected chi connectivity index (χ4v) is 2.79. The van der Waals surface area contributed by atoms with E-state index in [0.717, 1.165) is 28.0 Å². The number of benzene rings is 2. The molecule has 0 aromatic heterocycles. The van der Waals surface area contributed by atoms with Crippen molar-refractivity contribution in [2.75, 3.05) is 21.3 Å². The molecule has 2 aromatic rings. The van der Waals surface area contributed by atoms with E-state index in [-0.39, 0.29) is 5.97 Å². The molecule has 1 heterocycles. The molecular weight excluding hydrogens is 296 g/mol. The van der Waals surface area contributed by atoms with Crippen LogP contribution < -0.4 is 14.2 Å². The van der Waals surface area contributed by atoms with E-state index in [4.69, 9.17) is 18.9 Å². The van der Waals surface area contributed by atoms with Gasteiger partial charge in [0.1, 0.15) is 12.4 Å². The molecule has 0 aliphatic carbocycles. The fourth-order valence-electron chi connectivity index (χ4n) is 2.79. The minimum atomic E-state index is -0.363. The molecule has 0 N–H and O–H groups in total. The highest BCUT2D eigenvalue weighted by Crippen LogP contribution is 2.43. The topological polar surface area (TPSA) is 54.0 Å². The standard InChI is InChI=1S/C18H18O5/c1-10-5-15-14(7-12(10)18(19)22-4)13-8-17(21-3)16(20-2)6-11(13)9-23-15/h5-8H,9H2,1-4H3. The Kier molecular flexibility index (Phi) is 3.86.